The third kappa shape index (κ3) is 1.68. The summed E-state index contributed by atoms with van der Waals surface area (Å²) in [6.07, 6.45) is 21.5. The van der Waals surface area contributed by atoms with Crippen LogP contribution in [0.5, 0.6) is 0 Å². The van der Waals surface area contributed by atoms with Crippen LogP contribution in [0.4, 0.5) is 0 Å². The van der Waals surface area contributed by atoms with Gasteiger partial charge < -0.3 is 0 Å². The molecule has 0 heterocycles. The fraction of sp³-hybridized carbons (Fsp3) is 0.619. The van der Waals surface area contributed by atoms with Gasteiger partial charge in [0.15, 0.2) is 0 Å². The van der Waals surface area contributed by atoms with E-state index in [1.165, 1.54) is 25.7 Å². The highest BCUT2D eigenvalue weighted by molar-refractivity contribution is 5.41. The third-order valence-corrected chi connectivity index (χ3v) is 7.36. The Morgan fingerprint density at radius 1 is 1.19 bits per heavy atom. The maximum Gasteiger partial charge on any atom is 0.0134 e. The van der Waals surface area contributed by atoms with Crippen LogP contribution >= 0.6 is 0 Å². The van der Waals surface area contributed by atoms with Crippen molar-refractivity contribution >= 4 is 0 Å². The molecule has 2 fully saturated rings. The predicted octanol–water partition coefficient (Wildman–Crippen LogP) is 5.84. The van der Waals surface area contributed by atoms with Crippen molar-refractivity contribution in [3.8, 4) is 0 Å². The van der Waals surface area contributed by atoms with Gasteiger partial charge in [0.2, 0.25) is 0 Å². The molecule has 4 rings (SSSR count). The quantitative estimate of drug-likeness (QED) is 0.489. The zero-order chi connectivity index (χ0) is 14.7. The van der Waals surface area contributed by atoms with Crippen molar-refractivity contribution in [1.29, 1.82) is 0 Å². The normalized spacial score (nSPS) is 49.6. The lowest BCUT2D eigenvalue weighted by Crippen LogP contribution is -2.46. The van der Waals surface area contributed by atoms with E-state index in [0.717, 1.165) is 24.2 Å². The van der Waals surface area contributed by atoms with Crippen LogP contribution < -0.4 is 0 Å². The molecule has 0 radical (unpaired) electrons. The Morgan fingerprint density at radius 3 is 2.86 bits per heavy atom. The molecule has 0 N–H and O–H groups in total. The molecule has 0 amide bonds. The summed E-state index contributed by atoms with van der Waals surface area (Å²) in [4.78, 5) is 0. The van der Waals surface area contributed by atoms with E-state index in [-0.39, 0.29) is 0 Å². The summed E-state index contributed by atoms with van der Waals surface area (Å²) in [6, 6.07) is 0. The standard InChI is InChI=1S/C21H28/c1-4-15-9-11-18-17-10-8-16-7-5-6-13-20(16,2)19(17)12-14-21(15,18)3/h4,6-8,10,13,17-19H,5,9,11-12,14H2,1-3H3/t17-,18-,19-,20-,21+/m0/s1. The van der Waals surface area contributed by atoms with E-state index in [0.29, 0.717) is 10.8 Å². The minimum Gasteiger partial charge on any atom is -0.0879 e. The number of hydrogen-bond acceptors (Lipinski definition) is 0. The first kappa shape index (κ1) is 13.6. The summed E-state index contributed by atoms with van der Waals surface area (Å²) in [5, 5.41) is 0. The average molecular weight is 280 g/mol. The monoisotopic (exact) mass is 280 g/mol. The molecule has 112 valence electrons. The Bertz CT molecular complexity index is 573. The van der Waals surface area contributed by atoms with Gasteiger partial charge in [-0.25, -0.2) is 0 Å². The van der Waals surface area contributed by atoms with E-state index < -0.39 is 0 Å². The first-order valence-corrected chi connectivity index (χ1v) is 8.82. The summed E-state index contributed by atoms with van der Waals surface area (Å²) < 4.78 is 0. The molecular formula is C21H28. The minimum absolute atomic E-state index is 0.303. The molecule has 0 spiro atoms. The second-order valence-corrected chi connectivity index (χ2v) is 8.04. The maximum atomic E-state index is 2.58. The van der Waals surface area contributed by atoms with Crippen molar-refractivity contribution in [3.63, 3.8) is 0 Å². The van der Waals surface area contributed by atoms with Crippen LogP contribution in [0.25, 0.3) is 0 Å². The number of rotatable bonds is 0. The van der Waals surface area contributed by atoms with Crippen molar-refractivity contribution in [2.24, 2.45) is 28.6 Å². The van der Waals surface area contributed by atoms with Crippen LogP contribution in [0.15, 0.2) is 47.6 Å². The molecule has 0 bridgehead atoms. The molecule has 0 aromatic rings. The first-order chi connectivity index (χ1) is 10.1. The Morgan fingerprint density at radius 2 is 2.05 bits per heavy atom. The van der Waals surface area contributed by atoms with Gasteiger partial charge in [-0.05, 0) is 67.8 Å². The van der Waals surface area contributed by atoms with Crippen LogP contribution in [0.3, 0.4) is 0 Å². The zero-order valence-corrected chi connectivity index (χ0v) is 13.7. The Labute approximate surface area is 129 Å². The van der Waals surface area contributed by atoms with Gasteiger partial charge in [-0.3, -0.25) is 0 Å². The summed E-state index contributed by atoms with van der Waals surface area (Å²) in [6.45, 7) is 7.29. The highest BCUT2D eigenvalue weighted by Crippen LogP contribution is 2.64. The third-order valence-electron chi connectivity index (χ3n) is 7.36. The molecule has 5 atom stereocenters. The summed E-state index contributed by atoms with van der Waals surface area (Å²) >= 11 is 0. The highest BCUT2D eigenvalue weighted by atomic mass is 14.6. The second kappa shape index (κ2) is 4.48. The minimum atomic E-state index is 0.303. The molecule has 4 aliphatic rings. The van der Waals surface area contributed by atoms with E-state index in [4.69, 9.17) is 0 Å². The van der Waals surface area contributed by atoms with Crippen LogP contribution in [-0.4, -0.2) is 0 Å². The lowest BCUT2D eigenvalue weighted by molar-refractivity contribution is 0.0426. The van der Waals surface area contributed by atoms with E-state index in [1.807, 2.05) is 0 Å². The van der Waals surface area contributed by atoms with E-state index >= 15 is 0 Å². The van der Waals surface area contributed by atoms with E-state index in [1.54, 1.807) is 11.1 Å². The lowest BCUT2D eigenvalue weighted by Gasteiger charge is -2.54. The number of hydrogen-bond donors (Lipinski definition) is 0. The molecule has 21 heavy (non-hydrogen) atoms. The fourth-order valence-electron chi connectivity index (χ4n) is 6.11. The molecule has 0 aliphatic heterocycles. The van der Waals surface area contributed by atoms with E-state index in [9.17, 15) is 0 Å². The van der Waals surface area contributed by atoms with Gasteiger partial charge in [-0.2, -0.15) is 0 Å². The SMILES string of the molecule is CC=C1CC[C@H]2[C@@H]3C=CC4=CCC=C[C@]4(C)[C@H]3CC[C@]12C. The number of allylic oxidation sites excluding steroid dienone is 8. The highest BCUT2D eigenvalue weighted by Gasteiger charge is 2.55. The second-order valence-electron chi connectivity index (χ2n) is 8.04. The Kier molecular flexibility index (Phi) is 2.90. The topological polar surface area (TPSA) is 0 Å². The first-order valence-electron chi connectivity index (χ1n) is 8.82. The van der Waals surface area contributed by atoms with Crippen LogP contribution in [0.1, 0.15) is 52.9 Å². The van der Waals surface area contributed by atoms with Crippen molar-refractivity contribution in [3.05, 3.63) is 47.6 Å². The largest absolute Gasteiger partial charge is 0.0879 e. The molecule has 0 nitrogen and oxygen atoms in total. The Balaban J connectivity index is 1.76. The molecule has 0 saturated heterocycles. The molecule has 0 heteroatoms. The zero-order valence-electron chi connectivity index (χ0n) is 13.7. The lowest BCUT2D eigenvalue weighted by atomic mass is 9.50. The molecule has 2 saturated carbocycles. The molecule has 0 aromatic heterocycles. The van der Waals surface area contributed by atoms with Gasteiger partial charge >= 0.3 is 0 Å². The smallest absolute Gasteiger partial charge is 0.0134 e. The maximum absolute atomic E-state index is 2.58. The van der Waals surface area contributed by atoms with Crippen LogP contribution in [0, 0.1) is 28.6 Å². The van der Waals surface area contributed by atoms with Crippen molar-refractivity contribution in [1.82, 2.24) is 0 Å². The molecule has 4 aliphatic carbocycles. The van der Waals surface area contributed by atoms with Gasteiger partial charge in [-0.15, -0.1) is 0 Å². The molecule has 0 unspecified atom stereocenters. The molecule has 0 aromatic carbocycles. The number of fused-ring (bicyclic) bond motifs is 5. The summed E-state index contributed by atoms with van der Waals surface area (Å²) in [5.74, 6) is 2.47. The van der Waals surface area contributed by atoms with Gasteiger partial charge in [0, 0.05) is 5.41 Å². The predicted molar refractivity (Wildman–Crippen MR) is 89.9 cm³/mol. The van der Waals surface area contributed by atoms with Gasteiger partial charge in [0.25, 0.3) is 0 Å². The van der Waals surface area contributed by atoms with Crippen LogP contribution in [-0.2, 0) is 0 Å². The average Bonchev–Trinajstić information content (AvgIpc) is 2.83. The van der Waals surface area contributed by atoms with Gasteiger partial charge in [0.05, 0.1) is 0 Å². The molecular weight excluding hydrogens is 252 g/mol. The van der Waals surface area contributed by atoms with E-state index in [2.05, 4.69) is 57.2 Å². The summed E-state index contributed by atoms with van der Waals surface area (Å²) in [5.41, 5.74) is 4.11. The van der Waals surface area contributed by atoms with Crippen molar-refractivity contribution in [2.45, 2.75) is 52.9 Å². The van der Waals surface area contributed by atoms with Crippen LogP contribution in [0.2, 0.25) is 0 Å². The Hall–Kier alpha value is -1.04. The van der Waals surface area contributed by atoms with Crippen molar-refractivity contribution < 1.29 is 0 Å². The van der Waals surface area contributed by atoms with Gasteiger partial charge in [0.1, 0.15) is 0 Å². The van der Waals surface area contributed by atoms with Crippen molar-refractivity contribution in [2.75, 3.05) is 0 Å². The summed E-state index contributed by atoms with van der Waals surface area (Å²) in [7, 11) is 0. The fourth-order valence-corrected chi connectivity index (χ4v) is 6.11. The van der Waals surface area contributed by atoms with Gasteiger partial charge in [-0.1, -0.05) is 55.9 Å².